The van der Waals surface area contributed by atoms with Crippen molar-refractivity contribution < 1.29 is 4.79 Å². The first kappa shape index (κ1) is 19.1. The predicted octanol–water partition coefficient (Wildman–Crippen LogP) is 2.95. The van der Waals surface area contributed by atoms with E-state index in [0.29, 0.717) is 23.4 Å². The lowest BCUT2D eigenvalue weighted by Gasteiger charge is -2.08. The van der Waals surface area contributed by atoms with Crippen LogP contribution in [0.4, 0.5) is 0 Å². The van der Waals surface area contributed by atoms with Gasteiger partial charge in [-0.2, -0.15) is 0 Å². The van der Waals surface area contributed by atoms with Crippen LogP contribution in [0.1, 0.15) is 48.0 Å². The predicted molar refractivity (Wildman–Crippen MR) is 104 cm³/mol. The monoisotopic (exact) mass is 395 g/mol. The van der Waals surface area contributed by atoms with Gasteiger partial charge >= 0.3 is 0 Å². The molecule has 2 aromatic rings. The SMILES string of the molecule is Cl.O=C(NCCC1CCNC1)c1nc(C2CC2)n(-c2ccccc2Cl)n1. The molecule has 1 aromatic heterocycles. The van der Waals surface area contributed by atoms with Crippen molar-refractivity contribution in [2.24, 2.45) is 5.92 Å². The second-order valence-electron chi connectivity index (χ2n) is 6.83. The maximum atomic E-state index is 12.4. The highest BCUT2D eigenvalue weighted by Crippen LogP contribution is 2.40. The molecule has 2 fully saturated rings. The molecule has 1 saturated heterocycles. The van der Waals surface area contributed by atoms with Crippen LogP contribution < -0.4 is 10.6 Å². The van der Waals surface area contributed by atoms with Gasteiger partial charge in [-0.1, -0.05) is 23.7 Å². The molecule has 0 bridgehead atoms. The number of rotatable bonds is 6. The lowest BCUT2D eigenvalue weighted by molar-refractivity contribution is 0.0941. The molecule has 1 aromatic carbocycles. The molecule has 1 aliphatic carbocycles. The van der Waals surface area contributed by atoms with Crippen LogP contribution >= 0.6 is 24.0 Å². The number of benzene rings is 1. The quantitative estimate of drug-likeness (QED) is 0.788. The first-order valence-electron chi connectivity index (χ1n) is 8.93. The average molecular weight is 396 g/mol. The highest BCUT2D eigenvalue weighted by Gasteiger charge is 2.32. The molecule has 2 heterocycles. The maximum Gasteiger partial charge on any atom is 0.290 e. The van der Waals surface area contributed by atoms with E-state index in [4.69, 9.17) is 11.6 Å². The summed E-state index contributed by atoms with van der Waals surface area (Å²) >= 11 is 6.31. The van der Waals surface area contributed by atoms with Gasteiger partial charge in [0.2, 0.25) is 5.82 Å². The number of hydrogen-bond acceptors (Lipinski definition) is 4. The number of nitrogens with one attached hydrogen (secondary N) is 2. The van der Waals surface area contributed by atoms with Gasteiger partial charge in [0.25, 0.3) is 5.91 Å². The molecule has 8 heteroatoms. The molecular weight excluding hydrogens is 373 g/mol. The number of carbonyl (C=O) groups is 1. The third-order valence-corrected chi connectivity index (χ3v) is 5.18. The minimum absolute atomic E-state index is 0. The molecule has 1 unspecified atom stereocenters. The average Bonchev–Trinajstić information content (AvgIpc) is 3.15. The second kappa shape index (κ2) is 8.37. The van der Waals surface area contributed by atoms with Gasteiger partial charge < -0.3 is 10.6 Å². The van der Waals surface area contributed by atoms with Gasteiger partial charge in [-0.25, -0.2) is 9.67 Å². The van der Waals surface area contributed by atoms with Gasteiger partial charge in [-0.3, -0.25) is 4.79 Å². The Hall–Kier alpha value is -1.63. The maximum absolute atomic E-state index is 12.4. The van der Waals surface area contributed by atoms with Crippen LogP contribution in [0.5, 0.6) is 0 Å². The fourth-order valence-corrected chi connectivity index (χ4v) is 3.47. The Balaban J connectivity index is 0.00000196. The number of para-hydroxylation sites is 1. The van der Waals surface area contributed by atoms with Gasteiger partial charge in [0.1, 0.15) is 5.82 Å². The van der Waals surface area contributed by atoms with Crippen LogP contribution in [0.3, 0.4) is 0 Å². The van der Waals surface area contributed by atoms with Crippen LogP contribution in [-0.2, 0) is 0 Å². The van der Waals surface area contributed by atoms with Crippen molar-refractivity contribution in [1.82, 2.24) is 25.4 Å². The van der Waals surface area contributed by atoms with Gasteiger partial charge in [-0.05, 0) is 56.8 Å². The summed E-state index contributed by atoms with van der Waals surface area (Å²) in [6.45, 7) is 2.78. The van der Waals surface area contributed by atoms with Crippen LogP contribution in [-0.4, -0.2) is 40.3 Å². The first-order valence-corrected chi connectivity index (χ1v) is 9.31. The lowest BCUT2D eigenvalue weighted by atomic mass is 10.1. The van der Waals surface area contributed by atoms with Crippen LogP contribution in [0, 0.1) is 5.92 Å². The molecule has 1 saturated carbocycles. The highest BCUT2D eigenvalue weighted by atomic mass is 35.5. The third-order valence-electron chi connectivity index (χ3n) is 4.86. The van der Waals surface area contributed by atoms with Crippen molar-refractivity contribution in [2.75, 3.05) is 19.6 Å². The Morgan fingerprint density at radius 2 is 2.12 bits per heavy atom. The zero-order chi connectivity index (χ0) is 17.2. The van der Waals surface area contributed by atoms with E-state index in [1.54, 1.807) is 4.68 Å². The fourth-order valence-electron chi connectivity index (χ4n) is 3.26. The van der Waals surface area contributed by atoms with Crippen LogP contribution in [0.2, 0.25) is 5.02 Å². The Kier molecular flexibility index (Phi) is 6.16. The van der Waals surface area contributed by atoms with Crippen molar-refractivity contribution in [3.05, 3.63) is 40.9 Å². The summed E-state index contributed by atoms with van der Waals surface area (Å²) in [4.78, 5) is 17.0. The Morgan fingerprint density at radius 1 is 1.31 bits per heavy atom. The molecular formula is C18H23Cl2N5O. The van der Waals surface area contributed by atoms with E-state index in [1.807, 2.05) is 24.3 Å². The molecule has 0 radical (unpaired) electrons. The molecule has 1 aliphatic heterocycles. The molecule has 4 rings (SSSR count). The second-order valence-corrected chi connectivity index (χ2v) is 7.24. The normalized spacial score (nSPS) is 19.2. The van der Waals surface area contributed by atoms with Gasteiger partial charge in [0.05, 0.1) is 10.7 Å². The Bertz CT molecular complexity index is 769. The highest BCUT2D eigenvalue weighted by molar-refractivity contribution is 6.32. The summed E-state index contributed by atoms with van der Waals surface area (Å²) in [7, 11) is 0. The first-order chi connectivity index (χ1) is 12.2. The van der Waals surface area contributed by atoms with Crippen LogP contribution in [0.15, 0.2) is 24.3 Å². The molecule has 2 N–H and O–H groups in total. The fraction of sp³-hybridized carbons (Fsp3) is 0.500. The van der Waals surface area contributed by atoms with Crippen LogP contribution in [0.25, 0.3) is 5.69 Å². The van der Waals surface area contributed by atoms with E-state index in [2.05, 4.69) is 20.7 Å². The summed E-state index contributed by atoms with van der Waals surface area (Å²) < 4.78 is 1.73. The number of carbonyl (C=O) groups excluding carboxylic acids is 1. The standard InChI is InChI=1S/C18H22ClN5O.ClH/c19-14-3-1-2-4-15(14)24-17(13-5-6-13)22-16(23-24)18(25)21-10-8-12-7-9-20-11-12;/h1-4,12-13,20H,5-11H2,(H,21,25);1H. The Morgan fingerprint density at radius 3 is 2.81 bits per heavy atom. The number of amides is 1. The van der Waals surface area contributed by atoms with Crippen molar-refractivity contribution in [3.8, 4) is 5.69 Å². The zero-order valence-electron chi connectivity index (χ0n) is 14.4. The minimum atomic E-state index is -0.210. The number of aromatic nitrogens is 3. The molecule has 26 heavy (non-hydrogen) atoms. The summed E-state index contributed by atoms with van der Waals surface area (Å²) in [6.07, 6.45) is 4.33. The molecule has 0 spiro atoms. The summed E-state index contributed by atoms with van der Waals surface area (Å²) in [6, 6.07) is 7.52. The van der Waals surface area contributed by atoms with E-state index >= 15 is 0 Å². The molecule has 6 nitrogen and oxygen atoms in total. The molecule has 140 valence electrons. The largest absolute Gasteiger partial charge is 0.349 e. The molecule has 2 aliphatic rings. The summed E-state index contributed by atoms with van der Waals surface area (Å²) in [5, 5.41) is 11.4. The summed E-state index contributed by atoms with van der Waals surface area (Å²) in [5.41, 5.74) is 0.773. The van der Waals surface area contributed by atoms with E-state index < -0.39 is 0 Å². The zero-order valence-corrected chi connectivity index (χ0v) is 16.0. The lowest BCUT2D eigenvalue weighted by Crippen LogP contribution is -2.27. The van der Waals surface area contributed by atoms with Crippen molar-refractivity contribution in [3.63, 3.8) is 0 Å². The van der Waals surface area contributed by atoms with Crippen molar-refractivity contribution in [2.45, 2.75) is 31.6 Å². The van der Waals surface area contributed by atoms with Gasteiger partial charge in [0.15, 0.2) is 0 Å². The Labute approximate surface area is 164 Å². The third kappa shape index (κ3) is 4.19. The molecule has 1 amide bonds. The number of nitrogens with zero attached hydrogens (tertiary/aromatic N) is 3. The van der Waals surface area contributed by atoms with E-state index in [-0.39, 0.29) is 24.1 Å². The molecule has 1 atom stereocenters. The topological polar surface area (TPSA) is 71.8 Å². The van der Waals surface area contributed by atoms with E-state index in [0.717, 1.165) is 43.9 Å². The van der Waals surface area contributed by atoms with E-state index in [9.17, 15) is 4.79 Å². The van der Waals surface area contributed by atoms with Gasteiger partial charge in [0, 0.05) is 12.5 Å². The summed E-state index contributed by atoms with van der Waals surface area (Å²) in [5.74, 6) is 1.87. The minimum Gasteiger partial charge on any atom is -0.349 e. The number of halogens is 2. The van der Waals surface area contributed by atoms with Crippen molar-refractivity contribution >= 4 is 29.9 Å². The van der Waals surface area contributed by atoms with Crippen molar-refractivity contribution in [1.29, 1.82) is 0 Å². The van der Waals surface area contributed by atoms with Gasteiger partial charge in [-0.15, -0.1) is 17.5 Å². The number of hydrogen-bond donors (Lipinski definition) is 2. The van der Waals surface area contributed by atoms with E-state index in [1.165, 1.54) is 6.42 Å². The smallest absolute Gasteiger partial charge is 0.290 e.